The van der Waals surface area contributed by atoms with Crippen molar-refractivity contribution in [1.29, 1.82) is 0 Å². The molecule has 2 fully saturated rings. The van der Waals surface area contributed by atoms with Crippen molar-refractivity contribution in [2.45, 2.75) is 70.4 Å². The number of allylic oxidation sites excluding steroid dienone is 1. The molecule has 2 heterocycles. The maximum atomic E-state index is 12.8. The predicted molar refractivity (Wildman–Crippen MR) is 118 cm³/mol. The van der Waals surface area contributed by atoms with Gasteiger partial charge in [0.15, 0.2) is 0 Å². The van der Waals surface area contributed by atoms with E-state index in [-0.39, 0.29) is 30.5 Å². The summed E-state index contributed by atoms with van der Waals surface area (Å²) in [6, 6.07) is 9.83. The molecule has 1 aromatic carbocycles. The molecule has 4 atom stereocenters. The normalized spacial score (nSPS) is 28.3. The number of carbonyl (C=O) groups excluding carboxylic acids is 2. The van der Waals surface area contributed by atoms with E-state index in [9.17, 15) is 9.59 Å². The van der Waals surface area contributed by atoms with Crippen LogP contribution >= 0.6 is 0 Å². The minimum absolute atomic E-state index is 0.128. The fourth-order valence-corrected chi connectivity index (χ4v) is 5.14. The minimum atomic E-state index is -1.11. The largest absolute Gasteiger partial charge is 0.456 e. The number of ether oxygens (including phenoxy) is 3. The molecular formula is C26H32O5. The number of benzene rings is 1. The van der Waals surface area contributed by atoms with Gasteiger partial charge >= 0.3 is 5.97 Å². The summed E-state index contributed by atoms with van der Waals surface area (Å²) >= 11 is 0. The van der Waals surface area contributed by atoms with E-state index < -0.39 is 22.7 Å². The molecule has 0 N–H and O–H groups in total. The smallest absolute Gasteiger partial charge is 0.309 e. The van der Waals surface area contributed by atoms with Crippen LogP contribution < -0.4 is 0 Å². The lowest BCUT2D eigenvalue weighted by Gasteiger charge is -2.40. The fourth-order valence-electron chi connectivity index (χ4n) is 5.14. The topological polar surface area (TPSA) is 61.8 Å². The highest BCUT2D eigenvalue weighted by Gasteiger charge is 2.67. The minimum Gasteiger partial charge on any atom is -0.456 e. The molecule has 5 heteroatoms. The molecule has 0 bridgehead atoms. The number of carbonyl (C=O) groups is 2. The van der Waals surface area contributed by atoms with Crippen LogP contribution in [0, 0.1) is 23.7 Å². The standard InChI is InChI=1S/C26H32O5/c1-6-11-21-24(4,5)30-22-16-23(28)31-26(21,22)18-25(7-2,19(3)27)14-15-29-17-20-12-9-8-10-13-20/h2,6,8-10,12-13,21-22H,1,11,14-18H2,3-5H3/t21-,22+,25-,26+/m1/s1. The van der Waals surface area contributed by atoms with Crippen LogP contribution in [0.1, 0.15) is 52.0 Å². The molecule has 2 aliphatic rings. The molecule has 2 aliphatic heterocycles. The van der Waals surface area contributed by atoms with Gasteiger partial charge in [0, 0.05) is 18.9 Å². The lowest BCUT2D eigenvalue weighted by Crippen LogP contribution is -2.50. The average Bonchev–Trinajstić information content (AvgIpc) is 3.12. The maximum Gasteiger partial charge on any atom is 0.309 e. The van der Waals surface area contributed by atoms with E-state index in [1.165, 1.54) is 6.92 Å². The number of fused-ring (bicyclic) bond motifs is 1. The summed E-state index contributed by atoms with van der Waals surface area (Å²) in [6.45, 7) is 10.1. The van der Waals surface area contributed by atoms with Gasteiger partial charge in [-0.1, -0.05) is 42.3 Å². The highest BCUT2D eigenvalue weighted by Crippen LogP contribution is 2.56. The van der Waals surface area contributed by atoms with Crippen LogP contribution in [0.25, 0.3) is 0 Å². The fraction of sp³-hybridized carbons (Fsp3) is 0.538. The number of Topliss-reactive ketones (excluding diaryl/α,β-unsaturated/α-hetero) is 1. The number of hydrogen-bond acceptors (Lipinski definition) is 5. The van der Waals surface area contributed by atoms with Crippen LogP contribution in [0.4, 0.5) is 0 Å². The Labute approximate surface area is 185 Å². The van der Waals surface area contributed by atoms with Crippen LogP contribution in [0.15, 0.2) is 43.0 Å². The highest BCUT2D eigenvalue weighted by atomic mass is 16.6. The van der Waals surface area contributed by atoms with Crippen molar-refractivity contribution < 1.29 is 23.8 Å². The summed E-state index contributed by atoms with van der Waals surface area (Å²) in [5.41, 5.74) is -1.54. The second kappa shape index (κ2) is 8.98. The van der Waals surface area contributed by atoms with Crippen molar-refractivity contribution >= 4 is 11.8 Å². The van der Waals surface area contributed by atoms with Gasteiger partial charge < -0.3 is 14.2 Å². The zero-order valence-corrected chi connectivity index (χ0v) is 18.7. The summed E-state index contributed by atoms with van der Waals surface area (Å²) in [5.74, 6) is 2.16. The first-order valence-electron chi connectivity index (χ1n) is 10.8. The molecule has 31 heavy (non-hydrogen) atoms. The van der Waals surface area contributed by atoms with E-state index in [2.05, 4.69) is 12.5 Å². The van der Waals surface area contributed by atoms with Crippen molar-refractivity contribution in [1.82, 2.24) is 0 Å². The maximum absolute atomic E-state index is 12.8. The average molecular weight is 425 g/mol. The second-order valence-electron chi connectivity index (χ2n) is 9.17. The van der Waals surface area contributed by atoms with E-state index in [0.29, 0.717) is 26.1 Å². The zero-order chi connectivity index (χ0) is 22.7. The molecule has 0 saturated carbocycles. The molecule has 0 amide bonds. The Kier molecular flexibility index (Phi) is 6.73. The molecular weight excluding hydrogens is 392 g/mol. The lowest BCUT2D eigenvalue weighted by atomic mass is 9.65. The summed E-state index contributed by atoms with van der Waals surface area (Å²) < 4.78 is 18.1. The first-order chi connectivity index (χ1) is 14.7. The third kappa shape index (κ3) is 4.46. The molecule has 166 valence electrons. The van der Waals surface area contributed by atoms with Crippen molar-refractivity contribution in [2.24, 2.45) is 11.3 Å². The van der Waals surface area contributed by atoms with Crippen LogP contribution in [-0.2, 0) is 30.4 Å². The van der Waals surface area contributed by atoms with Gasteiger partial charge in [-0.05, 0) is 39.2 Å². The van der Waals surface area contributed by atoms with E-state index in [1.807, 2.05) is 44.2 Å². The number of esters is 1. The van der Waals surface area contributed by atoms with Gasteiger partial charge in [0.2, 0.25) is 0 Å². The van der Waals surface area contributed by atoms with Gasteiger partial charge in [0.25, 0.3) is 0 Å². The Morgan fingerprint density at radius 3 is 2.71 bits per heavy atom. The van der Waals surface area contributed by atoms with Crippen molar-refractivity contribution in [3.05, 3.63) is 48.6 Å². The molecule has 0 aromatic heterocycles. The third-order valence-corrected chi connectivity index (χ3v) is 6.79. The highest BCUT2D eigenvalue weighted by molar-refractivity contribution is 5.86. The Morgan fingerprint density at radius 2 is 2.10 bits per heavy atom. The molecule has 0 aliphatic carbocycles. The van der Waals surface area contributed by atoms with Gasteiger partial charge in [-0.3, -0.25) is 9.59 Å². The Bertz CT molecular complexity index is 868. The first kappa shape index (κ1) is 23.2. The number of ketones is 1. The van der Waals surface area contributed by atoms with Crippen molar-refractivity contribution in [3.63, 3.8) is 0 Å². The Hall–Kier alpha value is -2.42. The van der Waals surface area contributed by atoms with E-state index >= 15 is 0 Å². The zero-order valence-electron chi connectivity index (χ0n) is 18.7. The number of rotatable bonds is 10. The van der Waals surface area contributed by atoms with Gasteiger partial charge in [-0.2, -0.15) is 0 Å². The monoisotopic (exact) mass is 424 g/mol. The van der Waals surface area contributed by atoms with Gasteiger partial charge in [0.05, 0.1) is 24.0 Å². The summed E-state index contributed by atoms with van der Waals surface area (Å²) in [7, 11) is 0. The molecule has 0 spiro atoms. The van der Waals surface area contributed by atoms with Crippen LogP contribution in [0.2, 0.25) is 0 Å². The molecule has 5 nitrogen and oxygen atoms in total. The number of hydrogen-bond donors (Lipinski definition) is 0. The van der Waals surface area contributed by atoms with Crippen LogP contribution in [-0.4, -0.2) is 35.7 Å². The summed E-state index contributed by atoms with van der Waals surface area (Å²) in [6.07, 6.45) is 8.66. The van der Waals surface area contributed by atoms with Gasteiger partial charge in [-0.25, -0.2) is 0 Å². The predicted octanol–water partition coefficient (Wildman–Crippen LogP) is 4.25. The van der Waals surface area contributed by atoms with Crippen molar-refractivity contribution in [2.75, 3.05) is 6.61 Å². The molecule has 0 radical (unpaired) electrons. The summed E-state index contributed by atoms with van der Waals surface area (Å²) in [4.78, 5) is 25.1. The molecule has 1 aromatic rings. The van der Waals surface area contributed by atoms with Gasteiger partial charge in [-0.15, -0.1) is 13.0 Å². The molecule has 3 rings (SSSR count). The second-order valence-corrected chi connectivity index (χ2v) is 9.17. The quantitative estimate of drug-likeness (QED) is 0.243. The van der Waals surface area contributed by atoms with E-state index in [4.69, 9.17) is 20.6 Å². The Balaban J connectivity index is 1.82. The third-order valence-electron chi connectivity index (χ3n) is 6.79. The van der Waals surface area contributed by atoms with Crippen LogP contribution in [0.3, 0.4) is 0 Å². The van der Waals surface area contributed by atoms with Gasteiger partial charge in [0.1, 0.15) is 17.5 Å². The van der Waals surface area contributed by atoms with Crippen LogP contribution in [0.5, 0.6) is 0 Å². The Morgan fingerprint density at radius 1 is 1.39 bits per heavy atom. The lowest BCUT2D eigenvalue weighted by molar-refractivity contribution is -0.158. The summed E-state index contributed by atoms with van der Waals surface area (Å²) in [5, 5.41) is 0. The van der Waals surface area contributed by atoms with E-state index in [1.54, 1.807) is 6.08 Å². The number of terminal acetylenes is 1. The molecule has 2 saturated heterocycles. The first-order valence-corrected chi connectivity index (χ1v) is 10.8. The molecule has 0 unspecified atom stereocenters. The van der Waals surface area contributed by atoms with Crippen molar-refractivity contribution in [3.8, 4) is 12.3 Å². The van der Waals surface area contributed by atoms with E-state index in [0.717, 1.165) is 5.56 Å². The SMILES string of the molecule is C#C[C@@](CCOCc1ccccc1)(C[C@@]12OC(=O)C[C@@H]1OC(C)(C)[C@H]2CC=C)C(C)=O.